The molecule has 0 spiro atoms. The van der Waals surface area contributed by atoms with Gasteiger partial charge in [0, 0.05) is 11.6 Å². The number of alkyl halides is 3. The number of carbonyl (C=O) groups is 1. The maximum Gasteiger partial charge on any atom is 0.432 e. The van der Waals surface area contributed by atoms with Crippen molar-refractivity contribution in [3.63, 3.8) is 0 Å². The molecule has 1 heterocycles. The second kappa shape index (κ2) is 5.15. The van der Waals surface area contributed by atoms with Crippen molar-refractivity contribution in [1.82, 2.24) is 5.43 Å². The van der Waals surface area contributed by atoms with Gasteiger partial charge in [0.25, 0.3) is 5.69 Å². The minimum atomic E-state index is -4.69. The van der Waals surface area contributed by atoms with E-state index in [-0.39, 0.29) is 12.1 Å². The number of hydrazone groups is 1. The number of nitro benzene ring substituents is 1. The average molecular weight is 301 g/mol. The quantitative estimate of drug-likeness (QED) is 0.685. The van der Waals surface area contributed by atoms with Gasteiger partial charge >= 0.3 is 6.18 Å². The van der Waals surface area contributed by atoms with Gasteiger partial charge in [0.2, 0.25) is 5.91 Å². The summed E-state index contributed by atoms with van der Waals surface area (Å²) in [6.07, 6.45) is -4.91. The number of rotatable bonds is 3. The molecule has 0 saturated carbocycles. The van der Waals surface area contributed by atoms with Crippen molar-refractivity contribution in [2.45, 2.75) is 19.5 Å². The summed E-state index contributed by atoms with van der Waals surface area (Å²) >= 11 is 0. The normalized spacial score (nSPS) is 18.4. The van der Waals surface area contributed by atoms with E-state index < -0.39 is 28.6 Å². The van der Waals surface area contributed by atoms with Crippen LogP contribution in [0.1, 0.15) is 11.1 Å². The van der Waals surface area contributed by atoms with Gasteiger partial charge in [-0.15, -0.1) is 0 Å². The molecule has 112 valence electrons. The van der Waals surface area contributed by atoms with E-state index in [0.29, 0.717) is 11.1 Å². The molecular weight excluding hydrogens is 291 g/mol. The van der Waals surface area contributed by atoms with Crippen molar-refractivity contribution in [1.29, 1.82) is 0 Å². The zero-order valence-corrected chi connectivity index (χ0v) is 10.8. The van der Waals surface area contributed by atoms with Gasteiger partial charge in [0.15, 0.2) is 5.71 Å². The SMILES string of the molecule is Cc1cc(CC2C(=O)NN=C2C(F)(F)F)ccc1[N+](=O)[O-]. The summed E-state index contributed by atoms with van der Waals surface area (Å²) in [4.78, 5) is 21.6. The zero-order chi connectivity index (χ0) is 15.8. The minimum absolute atomic E-state index is 0.126. The molecule has 21 heavy (non-hydrogen) atoms. The van der Waals surface area contributed by atoms with Gasteiger partial charge in [0.05, 0.1) is 10.8 Å². The molecule has 1 aliphatic rings. The molecule has 0 aliphatic carbocycles. The fourth-order valence-electron chi connectivity index (χ4n) is 2.13. The van der Waals surface area contributed by atoms with E-state index >= 15 is 0 Å². The molecule has 1 aliphatic heterocycles. The number of benzene rings is 1. The van der Waals surface area contributed by atoms with Crippen molar-refractivity contribution in [3.05, 3.63) is 39.4 Å². The summed E-state index contributed by atoms with van der Waals surface area (Å²) in [6.45, 7) is 1.48. The van der Waals surface area contributed by atoms with Gasteiger partial charge in [0.1, 0.15) is 0 Å². The van der Waals surface area contributed by atoms with Crippen LogP contribution in [0.3, 0.4) is 0 Å². The van der Waals surface area contributed by atoms with Crippen LogP contribution < -0.4 is 5.43 Å². The van der Waals surface area contributed by atoms with Crippen LogP contribution in [0, 0.1) is 23.0 Å². The maximum atomic E-state index is 12.7. The first-order chi connectivity index (χ1) is 9.70. The Bertz CT molecular complexity index is 640. The van der Waals surface area contributed by atoms with E-state index in [4.69, 9.17) is 0 Å². The molecule has 9 heteroatoms. The average Bonchev–Trinajstić information content (AvgIpc) is 2.70. The summed E-state index contributed by atoms with van der Waals surface area (Å²) in [5, 5.41) is 13.7. The summed E-state index contributed by atoms with van der Waals surface area (Å²) in [5.41, 5.74) is 1.23. The Labute approximate surface area is 116 Å². The van der Waals surface area contributed by atoms with E-state index in [1.165, 1.54) is 25.1 Å². The number of nitro groups is 1. The molecular formula is C12H10F3N3O3. The zero-order valence-electron chi connectivity index (χ0n) is 10.8. The van der Waals surface area contributed by atoms with Crippen molar-refractivity contribution in [3.8, 4) is 0 Å². The number of halogens is 3. The fraction of sp³-hybridized carbons (Fsp3) is 0.333. The van der Waals surface area contributed by atoms with Crippen molar-refractivity contribution >= 4 is 17.3 Å². The fourth-order valence-corrected chi connectivity index (χ4v) is 2.13. The lowest BCUT2D eigenvalue weighted by Crippen LogP contribution is -2.33. The smallest absolute Gasteiger partial charge is 0.272 e. The number of carbonyl (C=O) groups excluding carboxylic acids is 1. The molecule has 1 aromatic carbocycles. The van der Waals surface area contributed by atoms with Crippen LogP contribution in [0.2, 0.25) is 0 Å². The molecule has 1 aromatic rings. The minimum Gasteiger partial charge on any atom is -0.272 e. The predicted octanol–water partition coefficient (Wildman–Crippen LogP) is 2.11. The highest BCUT2D eigenvalue weighted by molar-refractivity contribution is 6.10. The standard InChI is InChI=1S/C12H10F3N3O3/c1-6-4-7(2-3-9(6)18(20)21)5-8-10(12(13,14)15)16-17-11(8)19/h2-4,8H,5H2,1H3,(H,17,19). The van der Waals surface area contributed by atoms with Gasteiger partial charge in [-0.25, -0.2) is 5.43 Å². The lowest BCUT2D eigenvalue weighted by molar-refractivity contribution is -0.385. The number of nitrogens with one attached hydrogen (secondary N) is 1. The highest BCUT2D eigenvalue weighted by atomic mass is 19.4. The van der Waals surface area contributed by atoms with Crippen LogP contribution in [-0.2, 0) is 11.2 Å². The molecule has 1 N–H and O–H groups in total. The first kappa shape index (κ1) is 14.9. The van der Waals surface area contributed by atoms with Crippen LogP contribution in [0.4, 0.5) is 18.9 Å². The van der Waals surface area contributed by atoms with Gasteiger partial charge in [-0.1, -0.05) is 6.07 Å². The third-order valence-corrected chi connectivity index (χ3v) is 3.12. The van der Waals surface area contributed by atoms with Gasteiger partial charge in [-0.2, -0.15) is 18.3 Å². The summed E-state index contributed by atoms with van der Waals surface area (Å²) < 4.78 is 38.2. The molecule has 0 aromatic heterocycles. The van der Waals surface area contributed by atoms with Crippen molar-refractivity contribution < 1.29 is 22.9 Å². The van der Waals surface area contributed by atoms with E-state index in [2.05, 4.69) is 5.10 Å². The molecule has 0 saturated heterocycles. The van der Waals surface area contributed by atoms with E-state index in [1.807, 2.05) is 5.43 Å². The lowest BCUT2D eigenvalue weighted by atomic mass is 9.93. The third kappa shape index (κ3) is 3.01. The Balaban J connectivity index is 2.25. The number of hydrogen-bond acceptors (Lipinski definition) is 4. The van der Waals surface area contributed by atoms with Crippen LogP contribution in [0.5, 0.6) is 0 Å². The number of nitrogens with zero attached hydrogens (tertiary/aromatic N) is 2. The molecule has 1 atom stereocenters. The Morgan fingerprint density at radius 1 is 1.43 bits per heavy atom. The lowest BCUT2D eigenvalue weighted by Gasteiger charge is -2.13. The van der Waals surface area contributed by atoms with E-state index in [0.717, 1.165) is 0 Å². The Morgan fingerprint density at radius 3 is 2.62 bits per heavy atom. The van der Waals surface area contributed by atoms with E-state index in [1.54, 1.807) is 0 Å². The first-order valence-corrected chi connectivity index (χ1v) is 5.88. The summed E-state index contributed by atoms with van der Waals surface area (Å²) in [5.74, 6) is -2.27. The second-order valence-corrected chi connectivity index (χ2v) is 4.61. The van der Waals surface area contributed by atoms with Crippen molar-refractivity contribution in [2.24, 2.45) is 11.0 Å². The monoisotopic (exact) mass is 301 g/mol. The van der Waals surface area contributed by atoms with Crippen LogP contribution in [0.15, 0.2) is 23.3 Å². The molecule has 1 amide bonds. The second-order valence-electron chi connectivity index (χ2n) is 4.61. The van der Waals surface area contributed by atoms with Crippen LogP contribution in [-0.4, -0.2) is 22.7 Å². The van der Waals surface area contributed by atoms with E-state index in [9.17, 15) is 28.1 Å². The number of hydrogen-bond donors (Lipinski definition) is 1. The van der Waals surface area contributed by atoms with Crippen LogP contribution in [0.25, 0.3) is 0 Å². The Hall–Kier alpha value is -2.45. The highest BCUT2D eigenvalue weighted by Gasteiger charge is 2.47. The third-order valence-electron chi connectivity index (χ3n) is 3.12. The van der Waals surface area contributed by atoms with Gasteiger partial charge < -0.3 is 0 Å². The topological polar surface area (TPSA) is 84.6 Å². The predicted molar refractivity (Wildman–Crippen MR) is 66.7 cm³/mol. The van der Waals surface area contributed by atoms with Crippen LogP contribution >= 0.6 is 0 Å². The molecule has 1 unspecified atom stereocenters. The van der Waals surface area contributed by atoms with Gasteiger partial charge in [-0.3, -0.25) is 14.9 Å². The molecule has 0 fully saturated rings. The number of amides is 1. The van der Waals surface area contributed by atoms with Gasteiger partial charge in [-0.05, 0) is 25.0 Å². The maximum absolute atomic E-state index is 12.7. The summed E-state index contributed by atoms with van der Waals surface area (Å²) in [6, 6.07) is 3.95. The molecule has 0 bridgehead atoms. The largest absolute Gasteiger partial charge is 0.432 e. The summed E-state index contributed by atoms with van der Waals surface area (Å²) in [7, 11) is 0. The Morgan fingerprint density at radius 2 is 2.10 bits per heavy atom. The first-order valence-electron chi connectivity index (χ1n) is 5.88. The molecule has 6 nitrogen and oxygen atoms in total. The molecule has 2 rings (SSSR count). The molecule has 0 radical (unpaired) electrons. The Kier molecular flexibility index (Phi) is 3.67. The number of aryl methyl sites for hydroxylation is 1. The van der Waals surface area contributed by atoms with Crippen molar-refractivity contribution in [2.75, 3.05) is 0 Å². The highest BCUT2D eigenvalue weighted by Crippen LogP contribution is 2.28.